The van der Waals surface area contributed by atoms with Crippen LogP contribution in [0.1, 0.15) is 36.7 Å². The normalized spacial score (nSPS) is 11.9. The highest BCUT2D eigenvalue weighted by atomic mass is 35.5. The summed E-state index contributed by atoms with van der Waals surface area (Å²) in [6.45, 7) is 5.25. The molecule has 0 saturated heterocycles. The van der Waals surface area contributed by atoms with Gasteiger partial charge in [-0.1, -0.05) is 120 Å². The average Bonchev–Trinajstić information content (AvgIpc) is 4.05. The summed E-state index contributed by atoms with van der Waals surface area (Å²) in [5.74, 6) is 1.71. The molecule has 0 amide bonds. The number of carbonyl (C=O) groups excluding carboxylic acids is 1. The third-order valence-corrected chi connectivity index (χ3v) is 12.5. The van der Waals surface area contributed by atoms with E-state index in [0.717, 1.165) is 94.9 Å². The van der Waals surface area contributed by atoms with Crippen molar-refractivity contribution in [2.75, 3.05) is 0 Å². The topological polar surface area (TPSA) is 81.8 Å². The SMILES string of the molecule is CC(=O)c1ccccc1-c1ccc2c(c1)n1c3ccccc3nc1n2-c1cccc(Cl)c1.CC(C)(O)c1ccccc1-c1ccc2c(c1)n1c3ccccc3nc1n2-c1cccc(Cl)c1. The van der Waals surface area contributed by atoms with E-state index in [4.69, 9.17) is 33.2 Å². The zero-order chi connectivity index (χ0) is 44.6. The second kappa shape index (κ2) is 15.6. The molecular weight excluding hydrogens is 848 g/mol. The van der Waals surface area contributed by atoms with E-state index in [1.165, 1.54) is 0 Å². The fourth-order valence-electron chi connectivity index (χ4n) is 9.19. The molecule has 0 aliphatic heterocycles. The molecule has 8 aromatic carbocycles. The fraction of sp³-hybridized carbons (Fsp3) is 0.0727. The molecule has 316 valence electrons. The molecule has 0 spiro atoms. The fourth-order valence-corrected chi connectivity index (χ4v) is 9.55. The molecule has 0 aliphatic carbocycles. The van der Waals surface area contributed by atoms with Crippen LogP contribution < -0.4 is 0 Å². The maximum atomic E-state index is 12.2. The van der Waals surface area contributed by atoms with Gasteiger partial charge in [0.25, 0.3) is 0 Å². The smallest absolute Gasteiger partial charge is 0.220 e. The van der Waals surface area contributed by atoms with E-state index in [1.807, 2.05) is 141 Å². The van der Waals surface area contributed by atoms with E-state index >= 15 is 0 Å². The standard InChI is InChI=1S/C28H22ClN3O.C27H18ClN3O/c1-28(2,33)22-11-4-3-10-21(22)18-14-15-25-26(16-18)32-24-13-6-5-12-23(24)30-27(32)31(25)20-9-7-8-19(29)17-20;1-17(32)21-9-2-3-10-22(21)18-13-14-25-26(15-18)31-24-12-5-4-11-23(24)29-27(31)30(25)20-8-6-7-19(28)16-20/h3-17,33H,1-2H3;2-16H,1H3. The number of hydrogen-bond donors (Lipinski definition) is 1. The molecule has 4 heterocycles. The number of nitrogens with zero attached hydrogens (tertiary/aromatic N) is 6. The summed E-state index contributed by atoms with van der Waals surface area (Å²) in [7, 11) is 0. The number of hydrogen-bond acceptors (Lipinski definition) is 4. The molecule has 0 fully saturated rings. The zero-order valence-electron chi connectivity index (χ0n) is 35.6. The Morgan fingerprint density at radius 1 is 0.492 bits per heavy atom. The van der Waals surface area contributed by atoms with E-state index < -0.39 is 5.60 Å². The Labute approximate surface area is 383 Å². The van der Waals surface area contributed by atoms with Crippen molar-refractivity contribution in [3.63, 3.8) is 0 Å². The molecule has 4 aromatic heterocycles. The number of fused-ring (bicyclic) bond motifs is 10. The second-order valence-electron chi connectivity index (χ2n) is 16.7. The summed E-state index contributed by atoms with van der Waals surface area (Å²) in [6.07, 6.45) is 0. The van der Waals surface area contributed by atoms with E-state index in [2.05, 4.69) is 72.5 Å². The summed E-state index contributed by atoms with van der Waals surface area (Å²) in [5, 5.41) is 12.1. The molecule has 1 N–H and O–H groups in total. The molecule has 12 aromatic rings. The first kappa shape index (κ1) is 40.3. The Hall–Kier alpha value is -7.49. The van der Waals surface area contributed by atoms with Crippen molar-refractivity contribution in [1.29, 1.82) is 0 Å². The maximum Gasteiger partial charge on any atom is 0.220 e. The van der Waals surface area contributed by atoms with E-state index in [-0.39, 0.29) is 5.78 Å². The van der Waals surface area contributed by atoms with E-state index in [9.17, 15) is 9.90 Å². The number of rotatable bonds is 6. The summed E-state index contributed by atoms with van der Waals surface area (Å²) in [5.41, 5.74) is 14.6. The number of benzene rings is 8. The van der Waals surface area contributed by atoms with Gasteiger partial charge in [-0.25, -0.2) is 9.97 Å². The monoisotopic (exact) mass is 886 g/mol. The molecule has 12 rings (SSSR count). The number of imidazole rings is 4. The van der Waals surface area contributed by atoms with Gasteiger partial charge in [0.05, 0.1) is 61.1 Å². The van der Waals surface area contributed by atoms with Gasteiger partial charge in [0.1, 0.15) is 0 Å². The molecule has 65 heavy (non-hydrogen) atoms. The molecule has 0 unspecified atom stereocenters. The van der Waals surface area contributed by atoms with Crippen LogP contribution >= 0.6 is 23.2 Å². The van der Waals surface area contributed by atoms with Crippen LogP contribution in [0.5, 0.6) is 0 Å². The summed E-state index contributed by atoms with van der Waals surface area (Å²) in [4.78, 5) is 22.1. The van der Waals surface area contributed by atoms with Crippen molar-refractivity contribution < 1.29 is 9.90 Å². The first-order valence-electron chi connectivity index (χ1n) is 21.3. The van der Waals surface area contributed by atoms with Crippen LogP contribution in [-0.4, -0.2) is 38.8 Å². The molecule has 0 aliphatic rings. The summed E-state index contributed by atoms with van der Waals surface area (Å²) in [6, 6.07) is 60.3. The predicted octanol–water partition coefficient (Wildman–Crippen LogP) is 13.9. The second-order valence-corrected chi connectivity index (χ2v) is 17.6. The molecule has 0 radical (unpaired) electrons. The van der Waals surface area contributed by atoms with Crippen molar-refractivity contribution in [2.45, 2.75) is 26.4 Å². The number of aliphatic hydroxyl groups is 1. The molecule has 10 heteroatoms. The molecule has 0 bridgehead atoms. The Balaban J connectivity index is 0.000000144. The molecule has 0 saturated carbocycles. The third-order valence-electron chi connectivity index (χ3n) is 12.0. The van der Waals surface area contributed by atoms with Crippen molar-refractivity contribution in [3.8, 4) is 33.6 Å². The van der Waals surface area contributed by atoms with Crippen LogP contribution in [0.3, 0.4) is 0 Å². The first-order chi connectivity index (χ1) is 31.5. The number of aromatic nitrogens is 6. The van der Waals surface area contributed by atoms with E-state index in [0.29, 0.717) is 15.6 Å². The van der Waals surface area contributed by atoms with E-state index in [1.54, 1.807) is 6.92 Å². The highest BCUT2D eigenvalue weighted by molar-refractivity contribution is 6.31. The lowest BCUT2D eigenvalue weighted by atomic mass is 9.89. The average molecular weight is 888 g/mol. The van der Waals surface area contributed by atoms with Crippen LogP contribution in [0.4, 0.5) is 0 Å². The van der Waals surface area contributed by atoms with Gasteiger partial charge in [-0.05, 0) is 134 Å². The Bertz CT molecular complexity index is 3850. The lowest BCUT2D eigenvalue weighted by Crippen LogP contribution is -2.16. The van der Waals surface area contributed by atoms with Gasteiger partial charge in [0, 0.05) is 15.6 Å². The van der Waals surface area contributed by atoms with Crippen LogP contribution in [-0.2, 0) is 5.60 Å². The van der Waals surface area contributed by atoms with Crippen molar-refractivity contribution in [2.24, 2.45) is 0 Å². The first-order valence-corrected chi connectivity index (χ1v) is 22.1. The maximum absolute atomic E-state index is 12.2. The minimum Gasteiger partial charge on any atom is -0.386 e. The van der Waals surface area contributed by atoms with Crippen LogP contribution in [0, 0.1) is 0 Å². The minimum atomic E-state index is -0.949. The Kier molecular flexibility index (Phi) is 9.70. The van der Waals surface area contributed by atoms with Crippen LogP contribution in [0.2, 0.25) is 10.0 Å². The molecule has 8 nitrogen and oxygen atoms in total. The van der Waals surface area contributed by atoms with Crippen molar-refractivity contribution >= 4 is 84.7 Å². The van der Waals surface area contributed by atoms with Crippen LogP contribution in [0.25, 0.3) is 89.3 Å². The van der Waals surface area contributed by atoms with Gasteiger partial charge in [-0.3, -0.25) is 22.7 Å². The molecular formula is C55H40Cl2N6O2. The number of halogens is 2. The summed E-state index contributed by atoms with van der Waals surface area (Å²) >= 11 is 12.7. The molecule has 0 atom stereocenters. The zero-order valence-corrected chi connectivity index (χ0v) is 37.1. The van der Waals surface area contributed by atoms with Crippen molar-refractivity contribution in [3.05, 3.63) is 203 Å². The number of Topliss-reactive ketones (excluding diaryl/α,β-unsaturated/α-hetero) is 1. The van der Waals surface area contributed by atoms with Gasteiger partial charge in [-0.15, -0.1) is 0 Å². The summed E-state index contributed by atoms with van der Waals surface area (Å²) < 4.78 is 8.64. The van der Waals surface area contributed by atoms with Crippen molar-refractivity contribution in [1.82, 2.24) is 27.9 Å². The lowest BCUT2D eigenvalue weighted by Gasteiger charge is -2.21. The van der Waals surface area contributed by atoms with Crippen LogP contribution in [0.15, 0.2) is 182 Å². The quantitative estimate of drug-likeness (QED) is 0.169. The number of ketones is 1. The number of para-hydroxylation sites is 4. The Morgan fingerprint density at radius 3 is 1.46 bits per heavy atom. The predicted molar refractivity (Wildman–Crippen MR) is 265 cm³/mol. The Morgan fingerprint density at radius 2 is 0.954 bits per heavy atom. The van der Waals surface area contributed by atoms with Gasteiger partial charge >= 0.3 is 0 Å². The largest absolute Gasteiger partial charge is 0.386 e. The highest BCUT2D eigenvalue weighted by Gasteiger charge is 2.23. The third kappa shape index (κ3) is 6.85. The van der Waals surface area contributed by atoms with Gasteiger partial charge in [-0.2, -0.15) is 0 Å². The number of carbonyl (C=O) groups is 1. The van der Waals surface area contributed by atoms with Gasteiger partial charge in [0.15, 0.2) is 5.78 Å². The lowest BCUT2D eigenvalue weighted by molar-refractivity contribution is 0.0792. The minimum absolute atomic E-state index is 0.0513. The van der Waals surface area contributed by atoms with Gasteiger partial charge < -0.3 is 5.11 Å². The van der Waals surface area contributed by atoms with Gasteiger partial charge in [0.2, 0.25) is 11.6 Å². The highest BCUT2D eigenvalue weighted by Crippen LogP contribution is 2.37.